The van der Waals surface area contributed by atoms with Crippen LogP contribution >= 0.6 is 0 Å². The van der Waals surface area contributed by atoms with Gasteiger partial charge in [-0.1, -0.05) is 18.2 Å². The van der Waals surface area contributed by atoms with E-state index >= 15 is 0 Å². The molecule has 1 aliphatic rings. The van der Waals surface area contributed by atoms with Gasteiger partial charge in [-0.05, 0) is 37.8 Å². The molecule has 1 aromatic rings. The van der Waals surface area contributed by atoms with E-state index < -0.39 is 17.6 Å². The van der Waals surface area contributed by atoms with E-state index in [0.717, 1.165) is 5.69 Å². The molecule has 19 heavy (non-hydrogen) atoms. The van der Waals surface area contributed by atoms with Crippen LogP contribution in [-0.4, -0.2) is 11.7 Å². The van der Waals surface area contributed by atoms with Gasteiger partial charge in [0.15, 0.2) is 0 Å². The third-order valence-electron chi connectivity index (χ3n) is 3.67. The van der Waals surface area contributed by atoms with E-state index in [4.69, 9.17) is 0 Å². The van der Waals surface area contributed by atoms with Crippen LogP contribution in [0.3, 0.4) is 0 Å². The zero-order valence-electron chi connectivity index (χ0n) is 10.4. The Morgan fingerprint density at radius 3 is 2.21 bits per heavy atom. The average Bonchev–Trinajstić information content (AvgIpc) is 2.39. The summed E-state index contributed by atoms with van der Waals surface area (Å²) >= 11 is 0. The molecule has 0 radical (unpaired) electrons. The van der Waals surface area contributed by atoms with Gasteiger partial charge < -0.3 is 5.32 Å². The molecule has 0 aliphatic heterocycles. The summed E-state index contributed by atoms with van der Waals surface area (Å²) in [5, 5.41) is 12.4. The third kappa shape index (κ3) is 3.19. The van der Waals surface area contributed by atoms with Crippen molar-refractivity contribution in [1.29, 1.82) is 5.26 Å². The largest absolute Gasteiger partial charge is 0.391 e. The molecule has 102 valence electrons. The highest BCUT2D eigenvalue weighted by Crippen LogP contribution is 2.42. The zero-order valence-corrected chi connectivity index (χ0v) is 10.4. The Bertz CT molecular complexity index is 454. The van der Waals surface area contributed by atoms with Gasteiger partial charge in [0.2, 0.25) is 0 Å². The van der Waals surface area contributed by atoms with Crippen LogP contribution in [0.4, 0.5) is 18.9 Å². The van der Waals surface area contributed by atoms with Crippen molar-refractivity contribution in [2.45, 2.75) is 37.4 Å². The van der Waals surface area contributed by atoms with Crippen LogP contribution in [0.25, 0.3) is 0 Å². The van der Waals surface area contributed by atoms with E-state index in [-0.39, 0.29) is 25.7 Å². The van der Waals surface area contributed by atoms with Gasteiger partial charge >= 0.3 is 6.18 Å². The lowest BCUT2D eigenvalue weighted by atomic mass is 9.77. The quantitative estimate of drug-likeness (QED) is 0.876. The number of nitriles is 1. The van der Waals surface area contributed by atoms with Gasteiger partial charge in [0.25, 0.3) is 0 Å². The molecule has 0 unspecified atom stereocenters. The maximum atomic E-state index is 12.6. The fraction of sp³-hybridized carbons (Fsp3) is 0.500. The van der Waals surface area contributed by atoms with Crippen molar-refractivity contribution in [3.8, 4) is 6.07 Å². The molecule has 0 bridgehead atoms. The van der Waals surface area contributed by atoms with Crippen LogP contribution in [0.2, 0.25) is 0 Å². The van der Waals surface area contributed by atoms with E-state index in [9.17, 15) is 18.4 Å². The lowest BCUT2D eigenvalue weighted by Crippen LogP contribution is -2.43. The highest BCUT2D eigenvalue weighted by molar-refractivity contribution is 5.47. The molecule has 2 rings (SSSR count). The van der Waals surface area contributed by atoms with Crippen molar-refractivity contribution in [2.75, 3.05) is 5.32 Å². The van der Waals surface area contributed by atoms with Crippen LogP contribution < -0.4 is 5.32 Å². The SMILES string of the molecule is N#CC1(Nc2ccccc2)CCC(C(F)(F)F)CC1. The van der Waals surface area contributed by atoms with Gasteiger partial charge in [-0.15, -0.1) is 0 Å². The summed E-state index contributed by atoms with van der Waals surface area (Å²) in [7, 11) is 0. The first-order valence-corrected chi connectivity index (χ1v) is 6.26. The van der Waals surface area contributed by atoms with Crippen molar-refractivity contribution in [1.82, 2.24) is 0 Å². The molecule has 0 spiro atoms. The summed E-state index contributed by atoms with van der Waals surface area (Å²) in [6.07, 6.45) is -3.67. The Morgan fingerprint density at radius 1 is 1.16 bits per heavy atom. The van der Waals surface area contributed by atoms with Crippen LogP contribution in [0.1, 0.15) is 25.7 Å². The van der Waals surface area contributed by atoms with Crippen molar-refractivity contribution < 1.29 is 13.2 Å². The van der Waals surface area contributed by atoms with E-state index in [0.29, 0.717) is 0 Å². The molecule has 0 saturated heterocycles. The highest BCUT2D eigenvalue weighted by Gasteiger charge is 2.46. The Hall–Kier alpha value is -1.70. The molecule has 0 heterocycles. The van der Waals surface area contributed by atoms with Crippen molar-refractivity contribution in [2.24, 2.45) is 5.92 Å². The third-order valence-corrected chi connectivity index (χ3v) is 3.67. The Morgan fingerprint density at radius 2 is 1.74 bits per heavy atom. The number of anilines is 1. The van der Waals surface area contributed by atoms with Gasteiger partial charge in [0.1, 0.15) is 5.54 Å². The number of benzene rings is 1. The number of para-hydroxylation sites is 1. The minimum Gasteiger partial charge on any atom is -0.367 e. The van der Waals surface area contributed by atoms with Crippen LogP contribution in [0, 0.1) is 17.2 Å². The second-order valence-corrected chi connectivity index (χ2v) is 5.00. The van der Waals surface area contributed by atoms with Crippen LogP contribution in [0.5, 0.6) is 0 Å². The summed E-state index contributed by atoms with van der Waals surface area (Å²) < 4.78 is 37.9. The molecule has 1 fully saturated rings. The average molecular weight is 268 g/mol. The molecule has 0 atom stereocenters. The number of rotatable bonds is 2. The number of nitrogens with one attached hydrogen (secondary N) is 1. The van der Waals surface area contributed by atoms with Gasteiger partial charge in [-0.25, -0.2) is 0 Å². The van der Waals surface area contributed by atoms with Crippen molar-refractivity contribution >= 4 is 5.69 Å². The maximum absolute atomic E-state index is 12.6. The monoisotopic (exact) mass is 268 g/mol. The second-order valence-electron chi connectivity index (χ2n) is 5.00. The number of nitrogens with zero attached hydrogens (tertiary/aromatic N) is 1. The van der Waals surface area contributed by atoms with E-state index in [1.54, 1.807) is 0 Å². The lowest BCUT2D eigenvalue weighted by Gasteiger charge is -2.36. The second kappa shape index (κ2) is 5.12. The number of hydrogen-bond acceptors (Lipinski definition) is 2. The van der Waals surface area contributed by atoms with Gasteiger partial charge in [0, 0.05) is 5.69 Å². The van der Waals surface area contributed by atoms with Crippen LogP contribution in [0.15, 0.2) is 30.3 Å². The molecule has 5 heteroatoms. The highest BCUT2D eigenvalue weighted by atomic mass is 19.4. The summed E-state index contributed by atoms with van der Waals surface area (Å²) in [5.41, 5.74) is -0.0992. The first kappa shape index (κ1) is 13.7. The summed E-state index contributed by atoms with van der Waals surface area (Å²) in [6, 6.07) is 11.3. The molecule has 1 saturated carbocycles. The first-order valence-electron chi connectivity index (χ1n) is 6.26. The predicted octanol–water partition coefficient (Wildman–Crippen LogP) is 4.11. The number of halogens is 3. The summed E-state index contributed by atoms with van der Waals surface area (Å²) in [5.74, 6) is -1.27. The molecular formula is C14H15F3N2. The zero-order chi connectivity index (χ0) is 13.9. The normalized spacial score (nSPS) is 27.6. The van der Waals surface area contributed by atoms with Gasteiger partial charge in [-0.3, -0.25) is 0 Å². The molecule has 1 aliphatic carbocycles. The lowest BCUT2D eigenvalue weighted by molar-refractivity contribution is -0.183. The molecule has 1 N–H and O–H groups in total. The Labute approximate surface area is 110 Å². The maximum Gasteiger partial charge on any atom is 0.391 e. The molecule has 0 amide bonds. The number of hydrogen-bond donors (Lipinski definition) is 1. The van der Waals surface area contributed by atoms with Crippen molar-refractivity contribution in [3.05, 3.63) is 30.3 Å². The molecule has 1 aromatic carbocycles. The van der Waals surface area contributed by atoms with E-state index in [2.05, 4.69) is 11.4 Å². The standard InChI is InChI=1S/C14H15F3N2/c15-14(16,17)11-6-8-13(10-18,9-7-11)19-12-4-2-1-3-5-12/h1-5,11,19H,6-9H2. The minimum absolute atomic E-state index is 0.0108. The molecular weight excluding hydrogens is 253 g/mol. The van der Waals surface area contributed by atoms with Crippen LogP contribution in [-0.2, 0) is 0 Å². The molecule has 0 aromatic heterocycles. The molecule has 2 nitrogen and oxygen atoms in total. The number of alkyl halides is 3. The van der Waals surface area contributed by atoms with Gasteiger partial charge in [0.05, 0.1) is 12.0 Å². The fourth-order valence-corrected chi connectivity index (χ4v) is 2.50. The summed E-state index contributed by atoms with van der Waals surface area (Å²) in [6.45, 7) is 0. The first-order chi connectivity index (χ1) is 8.95. The van der Waals surface area contributed by atoms with E-state index in [1.807, 2.05) is 30.3 Å². The summed E-state index contributed by atoms with van der Waals surface area (Å²) in [4.78, 5) is 0. The topological polar surface area (TPSA) is 35.8 Å². The van der Waals surface area contributed by atoms with Gasteiger partial charge in [-0.2, -0.15) is 18.4 Å². The van der Waals surface area contributed by atoms with E-state index in [1.165, 1.54) is 0 Å². The smallest absolute Gasteiger partial charge is 0.367 e. The fourth-order valence-electron chi connectivity index (χ4n) is 2.50. The van der Waals surface area contributed by atoms with Crippen molar-refractivity contribution in [3.63, 3.8) is 0 Å². The predicted molar refractivity (Wildman–Crippen MR) is 66.4 cm³/mol. The Kier molecular flexibility index (Phi) is 3.70. The Balaban J connectivity index is 2.05. The minimum atomic E-state index is -4.14.